The second-order valence-corrected chi connectivity index (χ2v) is 9.10. The zero-order valence-electron chi connectivity index (χ0n) is 23.0. The lowest BCUT2D eigenvalue weighted by atomic mass is 10.0. The standard InChI is InChI=1S/C27H28N4O6.C2HF3O2/c28-17-25(32)29-23(15-19-7-3-1-4-8-19)26(33)30-24(16-20-9-5-2-6-10-20)27(34)37-18-21-11-13-22(14-12-21)31(35)36;3-2(4,5)1(6)7/h1-14,23-24H,15-18,28H2,(H,29,32)(H,30,33);(H,6,7). The van der Waals surface area contributed by atoms with E-state index >= 15 is 0 Å². The Hall–Kier alpha value is -5.31. The van der Waals surface area contributed by atoms with Crippen LogP contribution in [0.15, 0.2) is 84.9 Å². The minimum atomic E-state index is -5.08. The highest BCUT2D eigenvalue weighted by molar-refractivity contribution is 5.91. The van der Waals surface area contributed by atoms with Gasteiger partial charge >= 0.3 is 18.1 Å². The molecule has 0 fully saturated rings. The van der Waals surface area contributed by atoms with Crippen molar-refractivity contribution in [2.45, 2.75) is 37.7 Å². The van der Waals surface area contributed by atoms with Crippen LogP contribution >= 0.6 is 0 Å². The Morgan fingerprint density at radius 2 is 1.30 bits per heavy atom. The van der Waals surface area contributed by atoms with Crippen LogP contribution in [0, 0.1) is 10.1 Å². The Morgan fingerprint density at radius 3 is 1.73 bits per heavy atom. The van der Waals surface area contributed by atoms with Crippen molar-refractivity contribution in [3.63, 3.8) is 0 Å². The third-order valence-electron chi connectivity index (χ3n) is 5.77. The van der Waals surface area contributed by atoms with Crippen molar-refractivity contribution in [2.24, 2.45) is 5.73 Å². The average Bonchev–Trinajstić information content (AvgIpc) is 3.00. The molecule has 2 amide bonds. The average molecular weight is 619 g/mol. The van der Waals surface area contributed by atoms with E-state index in [9.17, 15) is 37.7 Å². The number of alkyl halides is 3. The number of esters is 1. The van der Waals surface area contributed by atoms with Gasteiger partial charge in [-0.3, -0.25) is 19.7 Å². The number of halogens is 3. The fraction of sp³-hybridized carbons (Fsp3) is 0.241. The first-order valence-electron chi connectivity index (χ1n) is 12.9. The molecule has 3 aromatic rings. The van der Waals surface area contributed by atoms with Crippen LogP contribution in [0.2, 0.25) is 0 Å². The third kappa shape index (κ3) is 12.3. The zero-order chi connectivity index (χ0) is 32.7. The second-order valence-electron chi connectivity index (χ2n) is 9.10. The molecule has 0 aliphatic rings. The number of nitrogens with two attached hydrogens (primary N) is 1. The largest absolute Gasteiger partial charge is 0.490 e. The highest BCUT2D eigenvalue weighted by atomic mass is 19.4. The second kappa shape index (κ2) is 17.0. The summed E-state index contributed by atoms with van der Waals surface area (Å²) in [6.45, 7) is -0.418. The summed E-state index contributed by atoms with van der Waals surface area (Å²) < 4.78 is 37.2. The van der Waals surface area contributed by atoms with Gasteiger partial charge in [0.25, 0.3) is 5.69 Å². The molecule has 15 heteroatoms. The number of carbonyl (C=O) groups excluding carboxylic acids is 3. The number of nitrogens with one attached hydrogen (secondary N) is 2. The molecule has 2 atom stereocenters. The van der Waals surface area contributed by atoms with Crippen LogP contribution in [0.1, 0.15) is 16.7 Å². The summed E-state index contributed by atoms with van der Waals surface area (Å²) in [5, 5.41) is 23.3. The van der Waals surface area contributed by atoms with Crippen LogP contribution in [0.3, 0.4) is 0 Å². The van der Waals surface area contributed by atoms with Crippen LogP contribution in [0.25, 0.3) is 0 Å². The summed E-state index contributed by atoms with van der Waals surface area (Å²) in [6.07, 6.45) is -4.72. The number of hydrogen-bond acceptors (Lipinski definition) is 8. The van der Waals surface area contributed by atoms with E-state index in [1.54, 1.807) is 0 Å². The van der Waals surface area contributed by atoms with Crippen molar-refractivity contribution in [2.75, 3.05) is 6.54 Å². The van der Waals surface area contributed by atoms with E-state index in [0.717, 1.165) is 11.1 Å². The molecule has 0 bridgehead atoms. The molecule has 0 aliphatic heterocycles. The number of nitro benzene ring substituents is 1. The normalized spacial score (nSPS) is 12.0. The molecule has 0 heterocycles. The molecule has 3 rings (SSSR count). The van der Waals surface area contributed by atoms with Crippen molar-refractivity contribution < 1.29 is 47.1 Å². The first-order chi connectivity index (χ1) is 20.8. The van der Waals surface area contributed by atoms with Crippen molar-refractivity contribution in [3.05, 3.63) is 112 Å². The highest BCUT2D eigenvalue weighted by Crippen LogP contribution is 2.14. The van der Waals surface area contributed by atoms with Crippen LogP contribution < -0.4 is 16.4 Å². The molecule has 0 spiro atoms. The van der Waals surface area contributed by atoms with Gasteiger partial charge in [-0.15, -0.1) is 0 Å². The molecular weight excluding hydrogens is 589 g/mol. The zero-order valence-corrected chi connectivity index (χ0v) is 23.0. The van der Waals surface area contributed by atoms with Crippen LogP contribution in [-0.4, -0.2) is 58.6 Å². The predicted octanol–water partition coefficient (Wildman–Crippen LogP) is 2.69. The number of aliphatic carboxylic acids is 1. The van der Waals surface area contributed by atoms with Crippen molar-refractivity contribution >= 4 is 29.4 Å². The minimum absolute atomic E-state index is 0.0757. The number of carboxylic acid groups (broad SMARTS) is 1. The highest BCUT2D eigenvalue weighted by Gasteiger charge is 2.38. The van der Waals surface area contributed by atoms with Gasteiger partial charge in [-0.25, -0.2) is 9.59 Å². The van der Waals surface area contributed by atoms with Gasteiger partial charge in [0.1, 0.15) is 18.7 Å². The van der Waals surface area contributed by atoms with E-state index in [-0.39, 0.29) is 31.7 Å². The summed E-state index contributed by atoms with van der Waals surface area (Å²) in [5.41, 5.74) is 7.53. The summed E-state index contributed by atoms with van der Waals surface area (Å²) in [7, 11) is 0. The number of rotatable bonds is 12. The fourth-order valence-corrected chi connectivity index (χ4v) is 3.60. The van der Waals surface area contributed by atoms with Gasteiger partial charge in [0, 0.05) is 25.0 Å². The van der Waals surface area contributed by atoms with E-state index in [1.807, 2.05) is 60.7 Å². The number of carboxylic acids is 1. The van der Waals surface area contributed by atoms with Gasteiger partial charge in [-0.1, -0.05) is 60.7 Å². The maximum Gasteiger partial charge on any atom is 0.490 e. The maximum atomic E-state index is 13.2. The Bertz CT molecular complexity index is 1410. The van der Waals surface area contributed by atoms with E-state index in [1.165, 1.54) is 24.3 Å². The summed E-state index contributed by atoms with van der Waals surface area (Å²) >= 11 is 0. The van der Waals surface area contributed by atoms with Crippen LogP contribution in [0.5, 0.6) is 0 Å². The number of amides is 2. The summed E-state index contributed by atoms with van der Waals surface area (Å²) in [6, 6.07) is 21.9. The van der Waals surface area contributed by atoms with E-state index in [0.29, 0.717) is 5.56 Å². The molecule has 3 aromatic carbocycles. The Kier molecular flexibility index (Phi) is 13.5. The quantitative estimate of drug-likeness (QED) is 0.134. The molecule has 0 radical (unpaired) electrons. The molecule has 0 aliphatic carbocycles. The first kappa shape index (κ1) is 34.9. The van der Waals surface area contributed by atoms with Gasteiger partial charge in [-0.2, -0.15) is 13.2 Å². The van der Waals surface area contributed by atoms with E-state index < -0.39 is 46.9 Å². The predicted molar refractivity (Wildman–Crippen MR) is 150 cm³/mol. The van der Waals surface area contributed by atoms with Crippen LogP contribution in [0.4, 0.5) is 18.9 Å². The van der Waals surface area contributed by atoms with Gasteiger partial charge in [0.2, 0.25) is 11.8 Å². The first-order valence-corrected chi connectivity index (χ1v) is 12.9. The monoisotopic (exact) mass is 618 g/mol. The van der Waals surface area contributed by atoms with Crippen molar-refractivity contribution in [1.29, 1.82) is 0 Å². The lowest BCUT2D eigenvalue weighted by molar-refractivity contribution is -0.384. The molecule has 0 aromatic heterocycles. The number of non-ortho nitro benzene ring substituents is 1. The molecule has 5 N–H and O–H groups in total. The molecule has 12 nitrogen and oxygen atoms in total. The third-order valence-corrected chi connectivity index (χ3v) is 5.77. The van der Waals surface area contributed by atoms with E-state index in [2.05, 4.69) is 10.6 Å². The number of benzene rings is 3. The number of nitrogens with zero attached hydrogens (tertiary/aromatic N) is 1. The van der Waals surface area contributed by atoms with Crippen molar-refractivity contribution in [3.8, 4) is 0 Å². The number of nitro groups is 1. The summed E-state index contributed by atoms with van der Waals surface area (Å²) in [5.74, 6) is -4.50. The Morgan fingerprint density at radius 1 is 0.818 bits per heavy atom. The van der Waals surface area contributed by atoms with Crippen LogP contribution in [-0.2, 0) is 43.4 Å². The molecular formula is C29H29F3N4O8. The number of carbonyl (C=O) groups is 4. The summed E-state index contributed by atoms with van der Waals surface area (Å²) in [4.78, 5) is 57.5. The molecule has 2 unspecified atom stereocenters. The molecule has 44 heavy (non-hydrogen) atoms. The maximum absolute atomic E-state index is 13.2. The van der Waals surface area contributed by atoms with Crippen molar-refractivity contribution in [1.82, 2.24) is 10.6 Å². The van der Waals surface area contributed by atoms with Gasteiger partial charge in [-0.05, 0) is 28.8 Å². The fourth-order valence-electron chi connectivity index (χ4n) is 3.60. The molecule has 0 saturated carbocycles. The lowest BCUT2D eigenvalue weighted by Crippen LogP contribution is -2.54. The minimum Gasteiger partial charge on any atom is -0.475 e. The number of ether oxygens (including phenoxy) is 1. The Balaban J connectivity index is 0.000000860. The van der Waals surface area contributed by atoms with E-state index in [4.69, 9.17) is 20.4 Å². The topological polar surface area (TPSA) is 191 Å². The van der Waals surface area contributed by atoms with Gasteiger partial charge < -0.3 is 26.2 Å². The smallest absolute Gasteiger partial charge is 0.475 e. The van der Waals surface area contributed by atoms with Gasteiger partial charge in [0.15, 0.2) is 0 Å². The molecule has 234 valence electrons. The lowest BCUT2D eigenvalue weighted by Gasteiger charge is -2.23. The Labute approximate surface area is 249 Å². The number of hydrogen-bond donors (Lipinski definition) is 4. The SMILES string of the molecule is NCC(=O)NC(Cc1ccccc1)C(=O)NC(Cc1ccccc1)C(=O)OCc1ccc([N+](=O)[O-])cc1.O=C(O)C(F)(F)F. The van der Waals surface area contributed by atoms with Gasteiger partial charge in [0.05, 0.1) is 11.5 Å². The molecule has 0 saturated heterocycles.